The van der Waals surface area contributed by atoms with Crippen LogP contribution in [0.25, 0.3) is 10.4 Å². The summed E-state index contributed by atoms with van der Waals surface area (Å²) in [7, 11) is 0. The molecular formula is C20H18O2S. The van der Waals surface area contributed by atoms with E-state index in [4.69, 9.17) is 0 Å². The lowest BCUT2D eigenvalue weighted by Gasteiger charge is -2.06. The van der Waals surface area contributed by atoms with Gasteiger partial charge in [-0.15, -0.1) is 11.3 Å². The van der Waals surface area contributed by atoms with E-state index in [1.165, 1.54) is 16.0 Å². The van der Waals surface area contributed by atoms with E-state index in [-0.39, 0.29) is 6.61 Å². The summed E-state index contributed by atoms with van der Waals surface area (Å²) in [6, 6.07) is 17.9. The Hall–Kier alpha value is -2.23. The Labute approximate surface area is 140 Å². The van der Waals surface area contributed by atoms with E-state index in [1.54, 1.807) is 11.3 Å². The lowest BCUT2D eigenvalue weighted by atomic mass is 10.0. The van der Waals surface area contributed by atoms with E-state index in [2.05, 4.69) is 31.2 Å². The highest BCUT2D eigenvalue weighted by Gasteiger charge is 2.09. The zero-order valence-corrected chi connectivity index (χ0v) is 13.8. The number of rotatable bonds is 5. The Morgan fingerprint density at radius 2 is 1.91 bits per heavy atom. The molecule has 23 heavy (non-hydrogen) atoms. The van der Waals surface area contributed by atoms with Crippen molar-refractivity contribution in [2.24, 2.45) is 0 Å². The average Bonchev–Trinajstić information content (AvgIpc) is 3.05. The number of aryl methyl sites for hydroxylation is 1. The highest BCUT2D eigenvalue weighted by molar-refractivity contribution is 7.15. The van der Waals surface area contributed by atoms with Crippen LogP contribution >= 0.6 is 11.3 Å². The van der Waals surface area contributed by atoms with Gasteiger partial charge in [0.25, 0.3) is 0 Å². The van der Waals surface area contributed by atoms with Crippen LogP contribution in [-0.2, 0) is 13.0 Å². The first-order valence-corrected chi connectivity index (χ1v) is 8.35. The van der Waals surface area contributed by atoms with Gasteiger partial charge in [0.05, 0.1) is 6.61 Å². The maximum absolute atomic E-state index is 11.2. The minimum Gasteiger partial charge on any atom is -0.392 e. The lowest BCUT2D eigenvalue weighted by Crippen LogP contribution is -1.93. The molecule has 1 aromatic heterocycles. The van der Waals surface area contributed by atoms with Crippen molar-refractivity contribution in [3.8, 4) is 10.4 Å². The molecular weight excluding hydrogens is 304 g/mol. The minimum atomic E-state index is 0.0652. The number of hydrogen-bond acceptors (Lipinski definition) is 3. The van der Waals surface area contributed by atoms with E-state index in [1.807, 2.05) is 30.3 Å². The van der Waals surface area contributed by atoms with Crippen molar-refractivity contribution in [3.63, 3.8) is 0 Å². The topological polar surface area (TPSA) is 37.3 Å². The molecule has 0 aliphatic heterocycles. The number of aldehydes is 1. The molecule has 0 unspecified atom stereocenters. The monoisotopic (exact) mass is 322 g/mol. The van der Waals surface area contributed by atoms with Gasteiger partial charge < -0.3 is 5.11 Å². The van der Waals surface area contributed by atoms with Crippen LogP contribution in [-0.4, -0.2) is 11.4 Å². The third-order valence-corrected chi connectivity index (χ3v) is 5.09. The van der Waals surface area contributed by atoms with E-state index < -0.39 is 0 Å². The molecule has 0 radical (unpaired) electrons. The number of hydrogen-bond donors (Lipinski definition) is 1. The fraction of sp³-hybridized carbons (Fsp3) is 0.150. The fourth-order valence-corrected chi connectivity index (χ4v) is 3.72. The summed E-state index contributed by atoms with van der Waals surface area (Å²) < 4.78 is 0. The maximum Gasteiger partial charge on any atom is 0.150 e. The molecule has 0 saturated carbocycles. The molecule has 0 aliphatic carbocycles. The van der Waals surface area contributed by atoms with Gasteiger partial charge >= 0.3 is 0 Å². The summed E-state index contributed by atoms with van der Waals surface area (Å²) in [5, 5.41) is 9.30. The van der Waals surface area contributed by atoms with E-state index in [9.17, 15) is 9.90 Å². The van der Waals surface area contributed by atoms with E-state index >= 15 is 0 Å². The minimum absolute atomic E-state index is 0.0652. The molecule has 3 heteroatoms. The Bertz CT molecular complexity index is 833. The summed E-state index contributed by atoms with van der Waals surface area (Å²) in [6.07, 6.45) is 1.75. The number of thiophene rings is 1. The number of carbonyl (C=O) groups excluding carboxylic acids is 1. The average molecular weight is 322 g/mol. The van der Waals surface area contributed by atoms with Crippen molar-refractivity contribution in [2.45, 2.75) is 20.0 Å². The summed E-state index contributed by atoms with van der Waals surface area (Å²) in [5.74, 6) is 0. The first-order valence-electron chi connectivity index (χ1n) is 7.54. The largest absolute Gasteiger partial charge is 0.392 e. The first-order chi connectivity index (χ1) is 11.2. The predicted molar refractivity (Wildman–Crippen MR) is 95.1 cm³/mol. The smallest absolute Gasteiger partial charge is 0.150 e. The van der Waals surface area contributed by atoms with Crippen LogP contribution in [0, 0.1) is 6.92 Å². The van der Waals surface area contributed by atoms with Crippen LogP contribution in [0.4, 0.5) is 0 Å². The standard InChI is InChI=1S/C20H18O2S/c1-14-6-7-15(12-21)10-17(14)11-18-8-9-20(23-18)19-5-3-2-4-16(19)13-22/h2-10,13,21H,11-12H2,1H3. The molecule has 2 aromatic carbocycles. The van der Waals surface area contributed by atoms with Gasteiger partial charge in [-0.05, 0) is 35.7 Å². The SMILES string of the molecule is Cc1ccc(CO)cc1Cc1ccc(-c2ccccc2C=O)s1. The molecule has 0 atom stereocenters. The molecule has 0 saturated heterocycles. The van der Waals surface area contributed by atoms with Crippen molar-refractivity contribution >= 4 is 17.6 Å². The van der Waals surface area contributed by atoms with Crippen LogP contribution < -0.4 is 0 Å². The molecule has 0 aliphatic rings. The van der Waals surface area contributed by atoms with E-state index in [0.29, 0.717) is 0 Å². The van der Waals surface area contributed by atoms with Crippen molar-refractivity contribution in [1.82, 2.24) is 0 Å². The van der Waals surface area contributed by atoms with E-state index in [0.717, 1.165) is 34.3 Å². The van der Waals surface area contributed by atoms with Crippen LogP contribution in [0.15, 0.2) is 54.6 Å². The van der Waals surface area contributed by atoms with Crippen molar-refractivity contribution in [3.05, 3.63) is 81.7 Å². The molecule has 2 nitrogen and oxygen atoms in total. The zero-order chi connectivity index (χ0) is 16.2. The Morgan fingerprint density at radius 3 is 2.70 bits per heavy atom. The van der Waals surface area contributed by atoms with Gasteiger partial charge in [-0.25, -0.2) is 0 Å². The third kappa shape index (κ3) is 3.41. The highest BCUT2D eigenvalue weighted by Crippen LogP contribution is 2.31. The zero-order valence-electron chi connectivity index (χ0n) is 13.0. The van der Waals surface area contributed by atoms with Crippen LogP contribution in [0.1, 0.15) is 31.9 Å². The van der Waals surface area contributed by atoms with Crippen molar-refractivity contribution in [2.75, 3.05) is 0 Å². The molecule has 0 fully saturated rings. The van der Waals surface area contributed by atoms with Gasteiger partial charge in [-0.2, -0.15) is 0 Å². The van der Waals surface area contributed by atoms with Crippen LogP contribution in [0.2, 0.25) is 0 Å². The molecule has 0 spiro atoms. The quantitative estimate of drug-likeness (QED) is 0.696. The third-order valence-electron chi connectivity index (χ3n) is 3.98. The molecule has 1 N–H and O–H groups in total. The highest BCUT2D eigenvalue weighted by atomic mass is 32.1. The van der Waals surface area contributed by atoms with Gasteiger partial charge in [-0.1, -0.05) is 42.5 Å². The van der Waals surface area contributed by atoms with Crippen LogP contribution in [0.3, 0.4) is 0 Å². The Kier molecular flexibility index (Phi) is 4.70. The van der Waals surface area contributed by atoms with Crippen molar-refractivity contribution in [1.29, 1.82) is 0 Å². The molecule has 0 bridgehead atoms. The van der Waals surface area contributed by atoms with Gasteiger partial charge in [-0.3, -0.25) is 4.79 Å². The van der Waals surface area contributed by atoms with Gasteiger partial charge in [0.2, 0.25) is 0 Å². The molecule has 116 valence electrons. The normalized spacial score (nSPS) is 10.7. The number of benzene rings is 2. The van der Waals surface area contributed by atoms with Crippen LogP contribution in [0.5, 0.6) is 0 Å². The van der Waals surface area contributed by atoms with Gasteiger partial charge in [0.15, 0.2) is 6.29 Å². The van der Waals surface area contributed by atoms with Crippen molar-refractivity contribution < 1.29 is 9.90 Å². The second kappa shape index (κ2) is 6.90. The second-order valence-electron chi connectivity index (χ2n) is 5.57. The van der Waals surface area contributed by atoms with Gasteiger partial charge in [0.1, 0.15) is 0 Å². The molecule has 3 rings (SSSR count). The van der Waals surface area contributed by atoms with Gasteiger partial charge in [0, 0.05) is 27.3 Å². The molecule has 3 aromatic rings. The fourth-order valence-electron chi connectivity index (χ4n) is 2.64. The second-order valence-corrected chi connectivity index (χ2v) is 6.74. The number of aliphatic hydroxyl groups is 1. The summed E-state index contributed by atoms with van der Waals surface area (Å²) in [6.45, 7) is 2.16. The first kappa shape index (κ1) is 15.7. The molecule has 0 amide bonds. The molecule has 1 heterocycles. The Morgan fingerprint density at radius 1 is 1.09 bits per heavy atom. The predicted octanol–water partition coefficient (Wildman–Crippen LogP) is 4.62. The Balaban J connectivity index is 1.89. The lowest BCUT2D eigenvalue weighted by molar-refractivity contribution is 0.112. The summed E-state index contributed by atoms with van der Waals surface area (Å²) in [4.78, 5) is 13.6. The summed E-state index contributed by atoms with van der Waals surface area (Å²) in [5.41, 5.74) is 5.10. The maximum atomic E-state index is 11.2. The summed E-state index contributed by atoms with van der Waals surface area (Å²) >= 11 is 1.71. The number of aliphatic hydroxyl groups excluding tert-OH is 1. The number of carbonyl (C=O) groups is 1.